The van der Waals surface area contributed by atoms with Gasteiger partial charge >= 0.3 is 11.7 Å². The summed E-state index contributed by atoms with van der Waals surface area (Å²) < 4.78 is 17.4. The first-order valence-corrected chi connectivity index (χ1v) is 12.0. The molecule has 2 aliphatic carbocycles. The van der Waals surface area contributed by atoms with Crippen LogP contribution in [0.2, 0.25) is 0 Å². The second kappa shape index (κ2) is 9.99. The molecule has 0 bridgehead atoms. The molecule has 2 fully saturated rings. The number of benzene rings is 1. The Morgan fingerprint density at radius 1 is 1.09 bits per heavy atom. The number of carboxylic acids is 1. The van der Waals surface area contributed by atoms with Gasteiger partial charge in [-0.3, -0.25) is 23.5 Å². The standard InChI is InChI=1S/C24H31FN4O5/c1-27(14-22(31)32)21(30)13-28-23(33)17-11-18(25)19(26-15-7-3-2-4-8-15)12-20(17)29(24(28)34)16-9-5-6-10-16/h11-12,15-16,26H,2-10,13-14H2,1H3,(H,31,32). The maximum atomic E-state index is 15.1. The molecular formula is C24H31FN4O5. The maximum Gasteiger partial charge on any atom is 0.332 e. The Hall–Kier alpha value is -3.17. The van der Waals surface area contributed by atoms with E-state index in [1.165, 1.54) is 18.0 Å². The Morgan fingerprint density at radius 3 is 2.38 bits per heavy atom. The number of amides is 1. The molecule has 1 aromatic heterocycles. The zero-order valence-corrected chi connectivity index (χ0v) is 19.4. The summed E-state index contributed by atoms with van der Waals surface area (Å²) in [7, 11) is 1.29. The summed E-state index contributed by atoms with van der Waals surface area (Å²) in [6.07, 6.45) is 8.59. The van der Waals surface area contributed by atoms with Crippen LogP contribution < -0.4 is 16.6 Å². The number of carboxylic acid groups (broad SMARTS) is 1. The number of aliphatic carboxylic acids is 1. The molecule has 0 saturated heterocycles. The Labute approximate surface area is 196 Å². The van der Waals surface area contributed by atoms with Crippen molar-refractivity contribution in [3.8, 4) is 0 Å². The Bertz CT molecular complexity index is 1210. The smallest absolute Gasteiger partial charge is 0.332 e. The highest BCUT2D eigenvalue weighted by atomic mass is 19.1. The number of hydrogen-bond donors (Lipinski definition) is 2. The highest BCUT2D eigenvalue weighted by Crippen LogP contribution is 2.32. The van der Waals surface area contributed by atoms with Crippen molar-refractivity contribution in [2.24, 2.45) is 0 Å². The number of nitrogens with zero attached hydrogens (tertiary/aromatic N) is 3. The summed E-state index contributed by atoms with van der Waals surface area (Å²) in [5.74, 6) is -2.47. The molecule has 184 valence electrons. The summed E-state index contributed by atoms with van der Waals surface area (Å²) in [6, 6.07) is 2.70. The number of hydrogen-bond acceptors (Lipinski definition) is 5. The van der Waals surface area contributed by atoms with Crippen molar-refractivity contribution in [3.63, 3.8) is 0 Å². The summed E-state index contributed by atoms with van der Waals surface area (Å²) >= 11 is 0. The number of likely N-dealkylation sites (N-methyl/N-ethyl adjacent to an activating group) is 1. The third-order valence-corrected chi connectivity index (χ3v) is 7.00. The van der Waals surface area contributed by atoms with Gasteiger partial charge in [-0.05, 0) is 37.8 Å². The van der Waals surface area contributed by atoms with Crippen molar-refractivity contribution in [1.82, 2.24) is 14.0 Å². The molecule has 4 rings (SSSR count). The molecule has 10 heteroatoms. The van der Waals surface area contributed by atoms with Crippen LogP contribution in [0.4, 0.5) is 10.1 Å². The van der Waals surface area contributed by atoms with Gasteiger partial charge in [-0.2, -0.15) is 0 Å². The van der Waals surface area contributed by atoms with E-state index in [2.05, 4.69) is 5.32 Å². The lowest BCUT2D eigenvalue weighted by molar-refractivity contribution is -0.143. The Balaban J connectivity index is 1.81. The number of carbonyl (C=O) groups excluding carboxylic acids is 1. The lowest BCUT2D eigenvalue weighted by atomic mass is 9.95. The molecule has 0 unspecified atom stereocenters. The second-order valence-electron chi connectivity index (χ2n) is 9.45. The summed E-state index contributed by atoms with van der Waals surface area (Å²) in [5, 5.41) is 12.2. The molecule has 9 nitrogen and oxygen atoms in total. The quantitative estimate of drug-likeness (QED) is 0.638. The van der Waals surface area contributed by atoms with Gasteiger partial charge in [-0.15, -0.1) is 0 Å². The van der Waals surface area contributed by atoms with Crippen LogP contribution in [0.15, 0.2) is 21.7 Å². The number of anilines is 1. The maximum absolute atomic E-state index is 15.1. The minimum Gasteiger partial charge on any atom is -0.480 e. The van der Waals surface area contributed by atoms with E-state index < -0.39 is 42.0 Å². The molecule has 0 radical (unpaired) electrons. The molecule has 2 aromatic rings. The van der Waals surface area contributed by atoms with Crippen LogP contribution in [-0.4, -0.2) is 50.7 Å². The fourth-order valence-electron chi connectivity index (χ4n) is 5.18. The van der Waals surface area contributed by atoms with Gasteiger partial charge in [0, 0.05) is 19.1 Å². The summed E-state index contributed by atoms with van der Waals surface area (Å²) in [5.41, 5.74) is -0.740. The molecule has 1 amide bonds. The Morgan fingerprint density at radius 2 is 1.74 bits per heavy atom. The molecule has 2 saturated carbocycles. The van der Waals surface area contributed by atoms with Gasteiger partial charge in [0.15, 0.2) is 0 Å². The van der Waals surface area contributed by atoms with Crippen molar-refractivity contribution in [2.75, 3.05) is 18.9 Å². The fourth-order valence-corrected chi connectivity index (χ4v) is 5.18. The molecule has 1 heterocycles. The lowest BCUT2D eigenvalue weighted by Crippen LogP contribution is -2.45. The van der Waals surface area contributed by atoms with Crippen molar-refractivity contribution in [3.05, 3.63) is 38.8 Å². The molecule has 0 aliphatic heterocycles. The summed E-state index contributed by atoms with van der Waals surface area (Å²) in [6.45, 7) is -1.16. The van der Waals surface area contributed by atoms with Gasteiger partial charge in [0.1, 0.15) is 18.9 Å². The van der Waals surface area contributed by atoms with Crippen molar-refractivity contribution >= 4 is 28.5 Å². The number of fused-ring (bicyclic) bond motifs is 1. The molecule has 1 aromatic carbocycles. The highest BCUT2D eigenvalue weighted by molar-refractivity contribution is 5.84. The van der Waals surface area contributed by atoms with Crippen molar-refractivity contribution < 1.29 is 19.1 Å². The minimum absolute atomic E-state index is 0.0341. The van der Waals surface area contributed by atoms with Crippen LogP contribution in [0.1, 0.15) is 63.8 Å². The molecule has 2 aliphatic rings. The minimum atomic E-state index is -1.20. The second-order valence-corrected chi connectivity index (χ2v) is 9.45. The van der Waals surface area contributed by atoms with E-state index in [9.17, 15) is 19.2 Å². The monoisotopic (exact) mass is 474 g/mol. The largest absolute Gasteiger partial charge is 0.480 e. The zero-order chi connectivity index (χ0) is 24.4. The predicted octanol–water partition coefficient (Wildman–Crippen LogP) is 2.71. The molecule has 2 N–H and O–H groups in total. The number of halogens is 1. The fraction of sp³-hybridized carbons (Fsp3) is 0.583. The van der Waals surface area contributed by atoms with E-state index >= 15 is 4.39 Å². The van der Waals surface area contributed by atoms with Gasteiger partial charge in [0.05, 0.1) is 16.6 Å². The first kappa shape index (κ1) is 24.0. The molecule has 0 spiro atoms. The van der Waals surface area contributed by atoms with Crippen LogP contribution in [0.5, 0.6) is 0 Å². The van der Waals surface area contributed by atoms with Gasteiger partial charge in [-0.1, -0.05) is 32.1 Å². The van der Waals surface area contributed by atoms with E-state index in [4.69, 9.17) is 5.11 Å². The SMILES string of the molecule is CN(CC(=O)O)C(=O)Cn1c(=O)c2cc(F)c(NC3CCCCC3)cc2n(C2CCCC2)c1=O. The van der Waals surface area contributed by atoms with E-state index in [0.717, 1.165) is 66.9 Å². The first-order valence-electron chi connectivity index (χ1n) is 12.0. The topological polar surface area (TPSA) is 114 Å². The van der Waals surface area contributed by atoms with Crippen molar-refractivity contribution in [1.29, 1.82) is 0 Å². The van der Waals surface area contributed by atoms with Crippen molar-refractivity contribution in [2.45, 2.75) is 76.4 Å². The third kappa shape index (κ3) is 4.85. The van der Waals surface area contributed by atoms with Gasteiger partial charge in [-0.25, -0.2) is 9.18 Å². The van der Waals surface area contributed by atoms with Gasteiger partial charge in [0.2, 0.25) is 5.91 Å². The number of rotatable bonds is 7. The average Bonchev–Trinajstić information content (AvgIpc) is 3.32. The number of aromatic nitrogens is 2. The first-order chi connectivity index (χ1) is 16.3. The van der Waals surface area contributed by atoms with E-state index in [1.54, 1.807) is 6.07 Å². The normalized spacial score (nSPS) is 17.2. The van der Waals surface area contributed by atoms with E-state index in [1.807, 2.05) is 0 Å². The summed E-state index contributed by atoms with van der Waals surface area (Å²) in [4.78, 5) is 51.1. The van der Waals surface area contributed by atoms with Crippen LogP contribution >= 0.6 is 0 Å². The predicted molar refractivity (Wildman–Crippen MR) is 126 cm³/mol. The Kier molecular flexibility index (Phi) is 7.04. The molecular weight excluding hydrogens is 443 g/mol. The zero-order valence-electron chi connectivity index (χ0n) is 19.4. The number of carbonyl (C=O) groups is 2. The highest BCUT2D eigenvalue weighted by Gasteiger charge is 2.26. The molecule has 0 atom stereocenters. The van der Waals surface area contributed by atoms with E-state index in [-0.39, 0.29) is 23.2 Å². The van der Waals surface area contributed by atoms with Crippen LogP contribution in [0.3, 0.4) is 0 Å². The number of nitrogens with one attached hydrogen (secondary N) is 1. The van der Waals surface area contributed by atoms with Gasteiger partial charge in [0.25, 0.3) is 5.56 Å². The van der Waals surface area contributed by atoms with Gasteiger partial charge < -0.3 is 15.3 Å². The lowest BCUT2D eigenvalue weighted by Gasteiger charge is -2.25. The van der Waals surface area contributed by atoms with Crippen LogP contribution in [-0.2, 0) is 16.1 Å². The third-order valence-electron chi connectivity index (χ3n) is 7.00. The van der Waals surface area contributed by atoms with E-state index in [0.29, 0.717) is 5.52 Å². The average molecular weight is 475 g/mol. The molecule has 34 heavy (non-hydrogen) atoms. The van der Waals surface area contributed by atoms with Crippen LogP contribution in [0, 0.1) is 5.82 Å². The van der Waals surface area contributed by atoms with Crippen LogP contribution in [0.25, 0.3) is 10.9 Å².